The van der Waals surface area contributed by atoms with Gasteiger partial charge in [0.1, 0.15) is 11.0 Å². The van der Waals surface area contributed by atoms with E-state index in [4.69, 9.17) is 16.3 Å². The summed E-state index contributed by atoms with van der Waals surface area (Å²) in [5.74, 6) is 0.0292. The summed E-state index contributed by atoms with van der Waals surface area (Å²) >= 11 is 5.96. The highest BCUT2D eigenvalue weighted by Crippen LogP contribution is 2.37. The van der Waals surface area contributed by atoms with Crippen LogP contribution in [0, 0.1) is 0 Å². The fourth-order valence-corrected chi connectivity index (χ4v) is 3.15. The van der Waals surface area contributed by atoms with Crippen LogP contribution in [0.15, 0.2) is 48.5 Å². The van der Waals surface area contributed by atoms with Gasteiger partial charge in [0.25, 0.3) is 5.91 Å². The zero-order valence-corrected chi connectivity index (χ0v) is 15.1. The topological polar surface area (TPSA) is 84.4 Å². The van der Waals surface area contributed by atoms with Gasteiger partial charge in [0.05, 0.1) is 0 Å². The molecule has 7 nitrogen and oxygen atoms in total. The second-order valence-corrected chi connectivity index (χ2v) is 6.29. The summed E-state index contributed by atoms with van der Waals surface area (Å²) in [5.41, 5.74) is 1.47. The molecular formula is C19H15ClN4O3. The second-order valence-electron chi connectivity index (χ2n) is 5.90. The second kappa shape index (κ2) is 6.85. The van der Waals surface area contributed by atoms with Crippen molar-refractivity contribution in [3.05, 3.63) is 64.8 Å². The molecule has 0 saturated heterocycles. The number of alkyl carbamates (subject to hydrolysis) is 1. The molecule has 0 fully saturated rings. The molecule has 1 aliphatic heterocycles. The monoisotopic (exact) mass is 382 g/mol. The molecule has 0 aliphatic carbocycles. The number of ether oxygens (including phenoxy) is 1. The number of benzene rings is 1. The highest BCUT2D eigenvalue weighted by Gasteiger charge is 2.41. The molecule has 0 radical (unpaired) electrons. The van der Waals surface area contributed by atoms with Crippen LogP contribution in [0.3, 0.4) is 0 Å². The van der Waals surface area contributed by atoms with Crippen molar-refractivity contribution in [1.82, 2.24) is 15.3 Å². The minimum atomic E-state index is -0.913. The summed E-state index contributed by atoms with van der Waals surface area (Å²) in [6.45, 7) is 2.20. The van der Waals surface area contributed by atoms with Gasteiger partial charge in [0.15, 0.2) is 5.65 Å². The number of pyridine rings is 2. The quantitative estimate of drug-likeness (QED) is 0.698. The third kappa shape index (κ3) is 3.06. The third-order valence-electron chi connectivity index (χ3n) is 4.20. The van der Waals surface area contributed by atoms with E-state index in [0.717, 1.165) is 5.39 Å². The number of nitrogens with zero attached hydrogens (tertiary/aromatic N) is 3. The molecule has 8 heteroatoms. The highest BCUT2D eigenvalue weighted by molar-refractivity contribution is 6.29. The largest absolute Gasteiger partial charge is 0.420 e. The maximum absolute atomic E-state index is 13.0. The van der Waals surface area contributed by atoms with Gasteiger partial charge in [-0.25, -0.2) is 14.8 Å². The molecule has 0 spiro atoms. The molecule has 0 bridgehead atoms. The minimum Gasteiger partial charge on any atom is -0.420 e. The Bertz CT molecular complexity index is 1060. The summed E-state index contributed by atoms with van der Waals surface area (Å²) in [4.78, 5) is 35.0. The standard InChI is InChI=1S/C19H15ClN4O3/c1-2-21-19(26)27-18-13-6-4-3-5-12(13)17(25)24(18)15-10-8-11-7-9-14(20)22-16(11)23-15/h3-10,18H,2H2,1H3,(H,21,26). The zero-order chi connectivity index (χ0) is 19.0. The van der Waals surface area contributed by atoms with E-state index in [1.807, 2.05) is 0 Å². The van der Waals surface area contributed by atoms with Crippen molar-refractivity contribution < 1.29 is 14.3 Å². The molecular weight excluding hydrogens is 368 g/mol. The van der Waals surface area contributed by atoms with Gasteiger partial charge in [0, 0.05) is 23.1 Å². The number of hydrogen-bond donors (Lipinski definition) is 1. The molecule has 3 heterocycles. The minimum absolute atomic E-state index is 0.297. The molecule has 2 aromatic heterocycles. The Morgan fingerprint density at radius 1 is 1.19 bits per heavy atom. The Kier molecular flexibility index (Phi) is 4.37. The number of amides is 2. The van der Waals surface area contributed by atoms with E-state index in [9.17, 15) is 9.59 Å². The summed E-state index contributed by atoms with van der Waals surface area (Å²) < 4.78 is 5.52. The number of fused-ring (bicyclic) bond motifs is 2. The van der Waals surface area contributed by atoms with E-state index < -0.39 is 12.3 Å². The number of halogens is 1. The summed E-state index contributed by atoms with van der Waals surface area (Å²) in [6.07, 6.45) is -1.52. The Morgan fingerprint density at radius 2 is 1.96 bits per heavy atom. The summed E-state index contributed by atoms with van der Waals surface area (Å²) in [7, 11) is 0. The van der Waals surface area contributed by atoms with Gasteiger partial charge in [-0.1, -0.05) is 29.8 Å². The van der Waals surface area contributed by atoms with Gasteiger partial charge in [-0.2, -0.15) is 0 Å². The van der Waals surface area contributed by atoms with Crippen LogP contribution in [0.4, 0.5) is 10.6 Å². The molecule has 0 saturated carbocycles. The van der Waals surface area contributed by atoms with Gasteiger partial charge in [-0.15, -0.1) is 0 Å². The molecule has 136 valence electrons. The van der Waals surface area contributed by atoms with Crippen LogP contribution >= 0.6 is 11.6 Å². The molecule has 4 rings (SSSR count). The van der Waals surface area contributed by atoms with E-state index in [-0.39, 0.29) is 5.91 Å². The van der Waals surface area contributed by atoms with Crippen LogP contribution in [0.1, 0.15) is 29.1 Å². The van der Waals surface area contributed by atoms with Crippen molar-refractivity contribution in [3.63, 3.8) is 0 Å². The number of anilines is 1. The first-order chi connectivity index (χ1) is 13.1. The number of carbonyl (C=O) groups excluding carboxylic acids is 2. The van der Waals surface area contributed by atoms with Gasteiger partial charge < -0.3 is 10.1 Å². The number of hydrogen-bond acceptors (Lipinski definition) is 5. The van der Waals surface area contributed by atoms with Crippen LogP contribution in [0.25, 0.3) is 11.0 Å². The van der Waals surface area contributed by atoms with Crippen molar-refractivity contribution in [2.45, 2.75) is 13.2 Å². The van der Waals surface area contributed by atoms with Crippen LogP contribution in [0.2, 0.25) is 5.15 Å². The molecule has 2 amide bonds. The number of carbonyl (C=O) groups is 2. The SMILES string of the molecule is CCNC(=O)OC1c2ccccc2C(=O)N1c1ccc2ccc(Cl)nc2n1. The Hall–Kier alpha value is -3.19. The first kappa shape index (κ1) is 17.2. The molecule has 27 heavy (non-hydrogen) atoms. The summed E-state index contributed by atoms with van der Waals surface area (Å²) in [5, 5.41) is 3.67. The van der Waals surface area contributed by atoms with Crippen molar-refractivity contribution in [1.29, 1.82) is 0 Å². The lowest BCUT2D eigenvalue weighted by Gasteiger charge is -2.24. The van der Waals surface area contributed by atoms with Crippen molar-refractivity contribution in [2.75, 3.05) is 11.4 Å². The van der Waals surface area contributed by atoms with E-state index >= 15 is 0 Å². The maximum atomic E-state index is 13.0. The van der Waals surface area contributed by atoms with Crippen molar-refractivity contribution in [3.8, 4) is 0 Å². The molecule has 1 unspecified atom stereocenters. The molecule has 3 aromatic rings. The van der Waals surface area contributed by atoms with Gasteiger partial charge in [0.2, 0.25) is 6.23 Å². The lowest BCUT2D eigenvalue weighted by atomic mass is 10.1. The third-order valence-corrected chi connectivity index (χ3v) is 4.41. The average molecular weight is 383 g/mol. The van der Waals surface area contributed by atoms with E-state index in [2.05, 4.69) is 15.3 Å². The number of nitrogens with one attached hydrogen (secondary N) is 1. The van der Waals surface area contributed by atoms with Crippen LogP contribution in [-0.2, 0) is 4.74 Å². The summed E-state index contributed by atoms with van der Waals surface area (Å²) in [6, 6.07) is 14.0. The number of rotatable bonds is 3. The van der Waals surface area contributed by atoms with Gasteiger partial charge in [-0.3, -0.25) is 9.69 Å². The van der Waals surface area contributed by atoms with Crippen LogP contribution in [-0.4, -0.2) is 28.5 Å². The van der Waals surface area contributed by atoms with Crippen molar-refractivity contribution >= 4 is 40.5 Å². The van der Waals surface area contributed by atoms with E-state index in [0.29, 0.717) is 34.3 Å². The fourth-order valence-electron chi connectivity index (χ4n) is 3.01. The maximum Gasteiger partial charge on any atom is 0.409 e. The predicted octanol–water partition coefficient (Wildman–Crippen LogP) is 3.69. The Morgan fingerprint density at radius 3 is 2.78 bits per heavy atom. The fraction of sp³-hybridized carbons (Fsp3) is 0.158. The normalized spacial score (nSPS) is 15.7. The smallest absolute Gasteiger partial charge is 0.409 e. The lowest BCUT2D eigenvalue weighted by Crippen LogP contribution is -2.34. The van der Waals surface area contributed by atoms with E-state index in [1.54, 1.807) is 55.5 Å². The first-order valence-electron chi connectivity index (χ1n) is 8.38. The van der Waals surface area contributed by atoms with Crippen LogP contribution in [0.5, 0.6) is 0 Å². The molecule has 1 aliphatic rings. The molecule has 1 aromatic carbocycles. The van der Waals surface area contributed by atoms with Crippen LogP contribution < -0.4 is 10.2 Å². The Balaban J connectivity index is 1.79. The molecule has 1 N–H and O–H groups in total. The van der Waals surface area contributed by atoms with Crippen molar-refractivity contribution in [2.24, 2.45) is 0 Å². The highest BCUT2D eigenvalue weighted by atomic mass is 35.5. The number of aromatic nitrogens is 2. The molecule has 1 atom stereocenters. The van der Waals surface area contributed by atoms with Gasteiger partial charge >= 0.3 is 6.09 Å². The average Bonchev–Trinajstić information content (AvgIpc) is 2.93. The first-order valence-corrected chi connectivity index (χ1v) is 8.76. The van der Waals surface area contributed by atoms with Gasteiger partial charge in [-0.05, 0) is 37.3 Å². The van der Waals surface area contributed by atoms with E-state index in [1.165, 1.54) is 4.90 Å². The predicted molar refractivity (Wildman–Crippen MR) is 101 cm³/mol. The lowest BCUT2D eigenvalue weighted by molar-refractivity contribution is 0.0833. The zero-order valence-electron chi connectivity index (χ0n) is 14.3. The Labute approximate surface area is 159 Å².